The molecule has 102 valence electrons. The Labute approximate surface area is 119 Å². The molecular formula is C12H14BrN3O3. The second kappa shape index (κ2) is 6.53. The van der Waals surface area contributed by atoms with Gasteiger partial charge in [-0.1, -0.05) is 0 Å². The van der Waals surface area contributed by atoms with Gasteiger partial charge in [0.2, 0.25) is 11.8 Å². The first-order chi connectivity index (χ1) is 9.24. The van der Waals surface area contributed by atoms with E-state index in [2.05, 4.69) is 31.2 Å². The Hall–Kier alpha value is -1.60. The Morgan fingerprint density at radius 1 is 1.58 bits per heavy atom. The van der Waals surface area contributed by atoms with Gasteiger partial charge in [-0.25, -0.2) is 4.98 Å². The van der Waals surface area contributed by atoms with Crippen LogP contribution < -0.4 is 10.1 Å². The molecule has 2 N–H and O–H groups in total. The smallest absolute Gasteiger partial charge is 0.232 e. The first-order valence-corrected chi connectivity index (χ1v) is 6.60. The Balaban J connectivity index is 2.15. The van der Waals surface area contributed by atoms with Crippen molar-refractivity contribution in [3.05, 3.63) is 34.8 Å². The lowest BCUT2D eigenvalue weighted by atomic mass is 10.2. The quantitative estimate of drug-likeness (QED) is 0.847. The third kappa shape index (κ3) is 3.45. The molecule has 0 aliphatic rings. The van der Waals surface area contributed by atoms with E-state index in [1.54, 1.807) is 24.6 Å². The summed E-state index contributed by atoms with van der Waals surface area (Å²) in [6.07, 6.45) is 3.14. The first-order valence-electron chi connectivity index (χ1n) is 5.80. The zero-order valence-corrected chi connectivity index (χ0v) is 11.9. The third-order valence-corrected chi connectivity index (χ3v) is 2.91. The molecule has 0 bridgehead atoms. The van der Waals surface area contributed by atoms with Crippen molar-refractivity contribution < 1.29 is 14.3 Å². The summed E-state index contributed by atoms with van der Waals surface area (Å²) in [5, 5.41) is 12.4. The van der Waals surface area contributed by atoms with E-state index in [4.69, 9.17) is 9.15 Å². The highest BCUT2D eigenvalue weighted by Crippen LogP contribution is 2.24. The van der Waals surface area contributed by atoms with Crippen LogP contribution in [0.1, 0.15) is 18.7 Å². The number of aliphatic hydroxyl groups is 1. The number of nitrogens with one attached hydrogen (secondary N) is 1. The molecule has 2 aromatic heterocycles. The molecule has 19 heavy (non-hydrogen) atoms. The number of nitrogens with zero attached hydrogens (tertiary/aromatic N) is 2. The van der Waals surface area contributed by atoms with E-state index < -0.39 is 6.04 Å². The topological polar surface area (TPSA) is 80.4 Å². The van der Waals surface area contributed by atoms with E-state index in [0.29, 0.717) is 28.7 Å². The van der Waals surface area contributed by atoms with Crippen LogP contribution in [0.25, 0.3) is 0 Å². The number of hydrogen-bond acceptors (Lipinski definition) is 6. The fraction of sp³-hybridized carbons (Fsp3) is 0.333. The second-order valence-electron chi connectivity index (χ2n) is 3.67. The number of ether oxygens (including phenoxy) is 1. The average Bonchev–Trinajstić information content (AvgIpc) is 2.93. The van der Waals surface area contributed by atoms with E-state index in [1.165, 1.54) is 0 Å². The van der Waals surface area contributed by atoms with Gasteiger partial charge in [-0.3, -0.25) is 0 Å². The predicted octanol–water partition coefficient (Wildman–Crippen LogP) is 2.38. The molecule has 6 nitrogen and oxygen atoms in total. The zero-order valence-electron chi connectivity index (χ0n) is 10.3. The summed E-state index contributed by atoms with van der Waals surface area (Å²) in [5.74, 6) is 1.44. The summed E-state index contributed by atoms with van der Waals surface area (Å²) in [5.41, 5.74) is 0. The van der Waals surface area contributed by atoms with E-state index in [0.717, 1.165) is 0 Å². The van der Waals surface area contributed by atoms with Gasteiger partial charge in [0.05, 0.1) is 30.1 Å². The number of furan rings is 1. The fourth-order valence-electron chi connectivity index (χ4n) is 1.51. The normalized spacial score (nSPS) is 12.2. The number of rotatable bonds is 6. The summed E-state index contributed by atoms with van der Waals surface area (Å²) in [6, 6.07) is 3.13. The molecule has 1 atom stereocenters. The van der Waals surface area contributed by atoms with E-state index in [1.807, 2.05) is 6.92 Å². The van der Waals surface area contributed by atoms with Crippen molar-refractivity contribution in [2.45, 2.75) is 13.0 Å². The van der Waals surface area contributed by atoms with E-state index in [-0.39, 0.29) is 6.61 Å². The lowest BCUT2D eigenvalue weighted by Gasteiger charge is -2.14. The highest BCUT2D eigenvalue weighted by molar-refractivity contribution is 9.10. The van der Waals surface area contributed by atoms with Crippen LogP contribution in [0.5, 0.6) is 5.88 Å². The molecule has 2 rings (SSSR count). The lowest BCUT2D eigenvalue weighted by Crippen LogP contribution is -2.16. The summed E-state index contributed by atoms with van der Waals surface area (Å²) in [6.45, 7) is 2.26. The van der Waals surface area contributed by atoms with E-state index >= 15 is 0 Å². The summed E-state index contributed by atoms with van der Waals surface area (Å²) >= 11 is 3.31. The van der Waals surface area contributed by atoms with Crippen LogP contribution in [0.3, 0.4) is 0 Å². The second-order valence-corrected chi connectivity index (χ2v) is 4.53. The van der Waals surface area contributed by atoms with Crippen LogP contribution in [0.15, 0.2) is 33.5 Å². The monoisotopic (exact) mass is 327 g/mol. The minimum absolute atomic E-state index is 0.128. The molecule has 0 amide bonds. The van der Waals surface area contributed by atoms with Gasteiger partial charge >= 0.3 is 0 Å². The average molecular weight is 328 g/mol. The number of hydrogen-bond donors (Lipinski definition) is 2. The molecule has 0 aromatic carbocycles. The number of anilines is 1. The Bertz CT molecular complexity index is 519. The van der Waals surface area contributed by atoms with Crippen LogP contribution in [0.2, 0.25) is 0 Å². The Morgan fingerprint density at radius 3 is 3.05 bits per heavy atom. The first kappa shape index (κ1) is 13.8. The summed E-state index contributed by atoms with van der Waals surface area (Å²) in [4.78, 5) is 8.33. The van der Waals surface area contributed by atoms with Crippen molar-refractivity contribution in [3.8, 4) is 5.88 Å². The molecule has 0 saturated carbocycles. The largest absolute Gasteiger partial charge is 0.477 e. The van der Waals surface area contributed by atoms with Gasteiger partial charge in [-0.2, -0.15) is 4.98 Å². The summed E-state index contributed by atoms with van der Waals surface area (Å²) < 4.78 is 11.3. The molecule has 0 spiro atoms. The molecule has 2 heterocycles. The van der Waals surface area contributed by atoms with Gasteiger partial charge in [0.15, 0.2) is 0 Å². The highest BCUT2D eigenvalue weighted by Gasteiger charge is 2.15. The van der Waals surface area contributed by atoms with Crippen molar-refractivity contribution in [2.24, 2.45) is 0 Å². The Morgan fingerprint density at radius 2 is 2.42 bits per heavy atom. The van der Waals surface area contributed by atoms with Crippen LogP contribution in [-0.4, -0.2) is 28.3 Å². The number of aromatic nitrogens is 2. The molecule has 7 heteroatoms. The van der Waals surface area contributed by atoms with Crippen LogP contribution >= 0.6 is 15.9 Å². The maximum atomic E-state index is 9.37. The fourth-order valence-corrected chi connectivity index (χ4v) is 1.82. The van der Waals surface area contributed by atoms with Crippen molar-refractivity contribution in [3.63, 3.8) is 0 Å². The van der Waals surface area contributed by atoms with Crippen molar-refractivity contribution in [2.75, 3.05) is 18.5 Å². The molecule has 0 saturated heterocycles. The number of halogens is 1. The van der Waals surface area contributed by atoms with E-state index in [9.17, 15) is 5.11 Å². The van der Waals surface area contributed by atoms with Gasteiger partial charge in [-0.05, 0) is 35.0 Å². The van der Waals surface area contributed by atoms with Crippen molar-refractivity contribution >= 4 is 21.9 Å². The highest BCUT2D eigenvalue weighted by atomic mass is 79.9. The molecule has 0 radical (unpaired) electrons. The lowest BCUT2D eigenvalue weighted by molar-refractivity contribution is 0.260. The summed E-state index contributed by atoms with van der Waals surface area (Å²) in [7, 11) is 0. The van der Waals surface area contributed by atoms with Crippen LogP contribution in [0, 0.1) is 0 Å². The van der Waals surface area contributed by atoms with Crippen molar-refractivity contribution in [1.29, 1.82) is 0 Å². The molecule has 0 aliphatic carbocycles. The van der Waals surface area contributed by atoms with Crippen LogP contribution in [-0.2, 0) is 0 Å². The van der Waals surface area contributed by atoms with Crippen LogP contribution in [0.4, 0.5) is 5.95 Å². The maximum absolute atomic E-state index is 9.37. The van der Waals surface area contributed by atoms with Crippen molar-refractivity contribution in [1.82, 2.24) is 9.97 Å². The predicted molar refractivity (Wildman–Crippen MR) is 73.1 cm³/mol. The van der Waals surface area contributed by atoms with Gasteiger partial charge in [0.1, 0.15) is 11.8 Å². The minimum atomic E-state index is -0.398. The minimum Gasteiger partial charge on any atom is -0.477 e. The third-order valence-electron chi connectivity index (χ3n) is 2.37. The van der Waals surface area contributed by atoms with Gasteiger partial charge in [0, 0.05) is 0 Å². The molecular weight excluding hydrogens is 314 g/mol. The van der Waals surface area contributed by atoms with Gasteiger partial charge < -0.3 is 19.6 Å². The SMILES string of the molecule is CCOc1nc(N[C@@H](CO)c2ccco2)ncc1Br. The standard InChI is InChI=1S/C12H14BrN3O3/c1-2-18-11-8(13)6-14-12(16-11)15-9(7-17)10-4-3-5-19-10/h3-6,9,17H,2,7H2,1H3,(H,14,15,16)/t9-/m0/s1. The Kier molecular flexibility index (Phi) is 4.75. The maximum Gasteiger partial charge on any atom is 0.232 e. The van der Waals surface area contributed by atoms with Gasteiger partial charge in [-0.15, -0.1) is 0 Å². The van der Waals surface area contributed by atoms with Gasteiger partial charge in [0.25, 0.3) is 0 Å². The molecule has 2 aromatic rings. The molecule has 0 aliphatic heterocycles. The number of aliphatic hydroxyl groups excluding tert-OH is 1. The molecule has 0 unspecified atom stereocenters. The molecule has 0 fully saturated rings. The zero-order chi connectivity index (χ0) is 13.7.